The zero-order valence-electron chi connectivity index (χ0n) is 24.4. The van der Waals surface area contributed by atoms with Crippen LogP contribution in [0.1, 0.15) is 0 Å². The molecule has 0 unspecified atom stereocenters. The van der Waals surface area contributed by atoms with Crippen LogP contribution in [0.2, 0.25) is 0 Å². The van der Waals surface area contributed by atoms with Crippen molar-refractivity contribution in [1.82, 2.24) is 0 Å². The van der Waals surface area contributed by atoms with Crippen molar-refractivity contribution < 1.29 is 0 Å². The van der Waals surface area contributed by atoms with E-state index in [1.165, 1.54) is 96.6 Å². The Bertz CT molecular complexity index is 2740. The number of benzene rings is 9. The number of rotatable bonds is 3. The summed E-state index contributed by atoms with van der Waals surface area (Å²) in [6.45, 7) is 0. The maximum absolute atomic E-state index is 2.34. The van der Waals surface area contributed by atoms with Crippen molar-refractivity contribution in [3.63, 3.8) is 0 Å². The highest BCUT2D eigenvalue weighted by atomic mass is 32.1. The van der Waals surface area contributed by atoms with Crippen LogP contribution in [-0.4, -0.2) is 0 Å². The van der Waals surface area contributed by atoms with E-state index >= 15 is 0 Å². The van der Waals surface area contributed by atoms with Crippen LogP contribution in [0.25, 0.3) is 96.6 Å². The van der Waals surface area contributed by atoms with E-state index in [0.29, 0.717) is 0 Å². The summed E-state index contributed by atoms with van der Waals surface area (Å²) in [5.41, 5.74) is 7.66. The van der Waals surface area contributed by atoms with Gasteiger partial charge in [-0.3, -0.25) is 0 Å². The van der Waals surface area contributed by atoms with E-state index in [2.05, 4.69) is 158 Å². The van der Waals surface area contributed by atoms with Gasteiger partial charge < -0.3 is 0 Å². The first-order valence-electron chi connectivity index (χ1n) is 15.5. The minimum atomic E-state index is 1.24. The van der Waals surface area contributed by atoms with Gasteiger partial charge in [0, 0.05) is 25.7 Å². The lowest BCUT2D eigenvalue weighted by Gasteiger charge is -2.17. The number of thiophene rings is 1. The van der Waals surface area contributed by atoms with E-state index in [9.17, 15) is 0 Å². The zero-order chi connectivity index (χ0) is 29.5. The van der Waals surface area contributed by atoms with Gasteiger partial charge in [0.2, 0.25) is 0 Å². The lowest BCUT2D eigenvalue weighted by Crippen LogP contribution is -1.90. The van der Waals surface area contributed by atoms with E-state index in [-0.39, 0.29) is 0 Å². The Morgan fingerprint density at radius 1 is 0.289 bits per heavy atom. The zero-order valence-corrected chi connectivity index (χ0v) is 25.2. The second-order valence-electron chi connectivity index (χ2n) is 12.0. The summed E-state index contributed by atoms with van der Waals surface area (Å²) in [4.78, 5) is 0. The van der Waals surface area contributed by atoms with Gasteiger partial charge >= 0.3 is 0 Å². The summed E-state index contributed by atoms with van der Waals surface area (Å²) < 4.78 is 2.70. The van der Waals surface area contributed by atoms with E-state index in [0.717, 1.165) is 0 Å². The quantitative estimate of drug-likeness (QED) is 0.181. The van der Waals surface area contributed by atoms with Crippen molar-refractivity contribution in [2.45, 2.75) is 0 Å². The Hall–Kier alpha value is -5.50. The molecule has 10 rings (SSSR count). The second kappa shape index (κ2) is 9.50. The van der Waals surface area contributed by atoms with Crippen LogP contribution in [-0.2, 0) is 0 Å². The number of hydrogen-bond acceptors (Lipinski definition) is 1. The molecule has 0 nitrogen and oxygen atoms in total. The summed E-state index contributed by atoms with van der Waals surface area (Å²) in [7, 11) is 0. The smallest absolute Gasteiger partial charge is 0.0434 e. The average molecular weight is 587 g/mol. The Labute approximate surface area is 264 Å². The largest absolute Gasteiger partial charge is 0.135 e. The van der Waals surface area contributed by atoms with Crippen molar-refractivity contribution in [3.8, 4) is 33.4 Å². The van der Waals surface area contributed by atoms with E-state index in [4.69, 9.17) is 0 Å². The van der Waals surface area contributed by atoms with Crippen molar-refractivity contribution in [2.75, 3.05) is 0 Å². The van der Waals surface area contributed by atoms with Gasteiger partial charge in [-0.25, -0.2) is 0 Å². The molecule has 1 heterocycles. The molecule has 0 spiro atoms. The fraction of sp³-hybridized carbons (Fsp3) is 0. The van der Waals surface area contributed by atoms with Crippen LogP contribution in [0.3, 0.4) is 0 Å². The molecule has 1 heteroatoms. The summed E-state index contributed by atoms with van der Waals surface area (Å²) in [6.07, 6.45) is 0. The van der Waals surface area contributed by atoms with Crippen LogP contribution < -0.4 is 0 Å². The van der Waals surface area contributed by atoms with Gasteiger partial charge in [-0.2, -0.15) is 0 Å². The van der Waals surface area contributed by atoms with Gasteiger partial charge in [0.25, 0.3) is 0 Å². The normalized spacial score (nSPS) is 12.0. The van der Waals surface area contributed by atoms with Gasteiger partial charge in [-0.05, 0) is 77.0 Å². The fourth-order valence-corrected chi connectivity index (χ4v) is 8.78. The van der Waals surface area contributed by atoms with Crippen LogP contribution in [0.4, 0.5) is 0 Å². The Balaban J connectivity index is 1.16. The highest BCUT2D eigenvalue weighted by molar-refractivity contribution is 7.26. The molecule has 0 saturated heterocycles. The summed E-state index contributed by atoms with van der Waals surface area (Å²) in [5.74, 6) is 0. The Kier molecular flexibility index (Phi) is 5.25. The Morgan fingerprint density at radius 2 is 0.822 bits per heavy atom. The third kappa shape index (κ3) is 3.65. The molecular weight excluding hydrogens is 561 g/mol. The van der Waals surface area contributed by atoms with Gasteiger partial charge in [0.15, 0.2) is 0 Å². The van der Waals surface area contributed by atoms with Crippen LogP contribution in [0, 0.1) is 0 Å². The molecule has 1 aromatic heterocycles. The van der Waals surface area contributed by atoms with Gasteiger partial charge in [0.05, 0.1) is 0 Å². The second-order valence-corrected chi connectivity index (χ2v) is 13.1. The number of fused-ring (bicyclic) bond motifs is 4. The summed E-state index contributed by atoms with van der Waals surface area (Å²) in [5, 5.41) is 13.2. The van der Waals surface area contributed by atoms with Gasteiger partial charge in [0.1, 0.15) is 0 Å². The average Bonchev–Trinajstić information content (AvgIpc) is 3.49. The maximum Gasteiger partial charge on any atom is 0.0434 e. The first-order chi connectivity index (χ1) is 22.3. The molecule has 0 amide bonds. The molecule has 0 aliphatic rings. The number of hydrogen-bond donors (Lipinski definition) is 0. The van der Waals surface area contributed by atoms with E-state index in [1.54, 1.807) is 0 Å². The topological polar surface area (TPSA) is 0 Å². The van der Waals surface area contributed by atoms with E-state index in [1.807, 2.05) is 11.3 Å². The predicted octanol–water partition coefficient (Wildman–Crippen LogP) is 13.1. The molecule has 0 aliphatic carbocycles. The van der Waals surface area contributed by atoms with Crippen molar-refractivity contribution in [3.05, 3.63) is 158 Å². The first kappa shape index (κ1) is 24.9. The SMILES string of the molecule is c1ccc2c(-c3ccc(-c4ccc5ccc6c(-c7cccc8c7sc7ccccc78)ccc7ccc4c5c76)cc3)cccc2c1. The lowest BCUT2D eigenvalue weighted by molar-refractivity contribution is 1.63. The molecule has 0 bridgehead atoms. The molecule has 0 saturated carbocycles. The molecule has 0 radical (unpaired) electrons. The highest BCUT2D eigenvalue weighted by Crippen LogP contribution is 2.46. The van der Waals surface area contributed by atoms with Crippen LogP contribution in [0.5, 0.6) is 0 Å². The molecule has 0 aliphatic heterocycles. The highest BCUT2D eigenvalue weighted by Gasteiger charge is 2.17. The third-order valence-corrected chi connectivity index (χ3v) is 10.9. The molecule has 0 fully saturated rings. The molecule has 9 aromatic carbocycles. The summed E-state index contributed by atoms with van der Waals surface area (Å²) >= 11 is 1.90. The van der Waals surface area contributed by atoms with Crippen molar-refractivity contribution in [2.24, 2.45) is 0 Å². The monoisotopic (exact) mass is 586 g/mol. The summed E-state index contributed by atoms with van der Waals surface area (Å²) in [6, 6.07) is 58.4. The first-order valence-corrected chi connectivity index (χ1v) is 16.3. The molecule has 10 aromatic rings. The fourth-order valence-electron chi connectivity index (χ4n) is 7.55. The predicted molar refractivity (Wildman–Crippen MR) is 197 cm³/mol. The minimum Gasteiger partial charge on any atom is -0.135 e. The molecule has 0 atom stereocenters. The van der Waals surface area contributed by atoms with Gasteiger partial charge in [-0.15, -0.1) is 11.3 Å². The maximum atomic E-state index is 2.34. The standard InChI is InChI=1S/C44H26S/c1-2-9-32-27(7-1)8-5-11-33(32)28-15-17-29(18-16-28)34-23-19-30-22-26-38-35(24-20-31-21-25-37(34)42(30)43(31)38)39-12-6-13-40-36-10-3-4-14-41(36)45-44(39)40/h1-26H. The minimum absolute atomic E-state index is 1.24. The molecular formula is C44H26S. The van der Waals surface area contributed by atoms with Crippen LogP contribution >= 0.6 is 11.3 Å². The lowest BCUT2D eigenvalue weighted by atomic mass is 9.87. The Morgan fingerprint density at radius 3 is 1.60 bits per heavy atom. The van der Waals surface area contributed by atoms with E-state index < -0.39 is 0 Å². The van der Waals surface area contributed by atoms with Crippen molar-refractivity contribution in [1.29, 1.82) is 0 Å². The van der Waals surface area contributed by atoms with Crippen molar-refractivity contribution >= 4 is 74.6 Å². The third-order valence-electron chi connectivity index (χ3n) is 9.66. The van der Waals surface area contributed by atoms with Crippen LogP contribution in [0.15, 0.2) is 158 Å². The van der Waals surface area contributed by atoms with Gasteiger partial charge in [-0.1, -0.05) is 152 Å². The molecule has 0 N–H and O–H groups in total. The molecule has 45 heavy (non-hydrogen) atoms. The molecule has 208 valence electrons.